The molecule has 3 rings (SSSR count). The Hall–Kier alpha value is -2.23. The lowest BCUT2D eigenvalue weighted by Gasteiger charge is -2.08. The third kappa shape index (κ3) is 6.16. The van der Waals surface area contributed by atoms with Gasteiger partial charge in [0.2, 0.25) is 0 Å². The molecule has 3 aromatic rings. The Morgan fingerprint density at radius 2 is 1.30 bits per heavy atom. The highest BCUT2D eigenvalue weighted by Crippen LogP contribution is 2.29. The minimum atomic E-state index is 0.972. The molecule has 0 aliphatic carbocycles. The summed E-state index contributed by atoms with van der Waals surface area (Å²) in [6.07, 6.45) is 0. The van der Waals surface area contributed by atoms with Gasteiger partial charge in [-0.15, -0.1) is 0 Å². The third-order valence-electron chi connectivity index (χ3n) is 3.95. The van der Waals surface area contributed by atoms with Crippen LogP contribution < -0.4 is 0 Å². The average Bonchev–Trinajstić information content (AvgIpc) is 2.69. The number of thioether (sulfide) groups is 2. The van der Waals surface area contributed by atoms with E-state index in [1.807, 2.05) is 30.3 Å². The Morgan fingerprint density at radius 3 is 1.89 bits per heavy atom. The molecule has 0 fully saturated rings. The molecule has 0 bridgehead atoms. The van der Waals surface area contributed by atoms with Crippen LogP contribution in [0.1, 0.15) is 18.1 Å². The maximum Gasteiger partial charge on any atom is 0.105 e. The number of benzene rings is 3. The van der Waals surface area contributed by atoms with Crippen molar-refractivity contribution in [2.75, 3.05) is 0 Å². The van der Waals surface area contributed by atoms with Crippen LogP contribution in [0.4, 0.5) is 5.69 Å². The zero-order chi connectivity index (χ0) is 19.1. The number of aryl methyl sites for hydroxylation is 2. The topological polar surface area (TPSA) is 12.4 Å². The second kappa shape index (κ2) is 9.63. The standard InChI is InChI=1S/C24H23NS2/c1-18-9-13-22(14-10-18)26-17-20(3)24(25-21-7-5-4-6-8-21)27-23-15-11-19(2)12-16-23/h4-17H,1-3H3. The minimum Gasteiger partial charge on any atom is -0.241 e. The van der Waals surface area contributed by atoms with E-state index in [9.17, 15) is 0 Å². The van der Waals surface area contributed by atoms with E-state index in [-0.39, 0.29) is 0 Å². The van der Waals surface area contributed by atoms with Crippen LogP contribution in [0.5, 0.6) is 0 Å². The predicted molar refractivity (Wildman–Crippen MR) is 121 cm³/mol. The van der Waals surface area contributed by atoms with E-state index in [0.717, 1.165) is 16.3 Å². The molecule has 136 valence electrons. The van der Waals surface area contributed by atoms with Gasteiger partial charge in [0.1, 0.15) is 5.04 Å². The Morgan fingerprint density at radius 1 is 0.741 bits per heavy atom. The van der Waals surface area contributed by atoms with Crippen LogP contribution in [-0.2, 0) is 0 Å². The number of nitrogens with zero attached hydrogens (tertiary/aromatic N) is 1. The lowest BCUT2D eigenvalue weighted by Crippen LogP contribution is -1.94. The van der Waals surface area contributed by atoms with Crippen LogP contribution in [0.15, 0.2) is 105 Å². The van der Waals surface area contributed by atoms with E-state index in [4.69, 9.17) is 4.99 Å². The smallest absolute Gasteiger partial charge is 0.105 e. The molecule has 0 radical (unpaired) electrons. The molecular weight excluding hydrogens is 366 g/mol. The number of hydrogen-bond acceptors (Lipinski definition) is 3. The maximum absolute atomic E-state index is 4.90. The summed E-state index contributed by atoms with van der Waals surface area (Å²) in [5, 5.41) is 3.21. The largest absolute Gasteiger partial charge is 0.241 e. The Labute approximate surface area is 170 Å². The SMILES string of the molecule is CC(=CSc1ccc(C)cc1)C(=Nc1ccccc1)Sc1ccc(C)cc1. The van der Waals surface area contributed by atoms with E-state index in [1.54, 1.807) is 23.5 Å². The quantitative estimate of drug-likeness (QED) is 0.250. The molecule has 0 aromatic heterocycles. The van der Waals surface area contributed by atoms with Crippen LogP contribution >= 0.6 is 23.5 Å². The number of aliphatic imine (C=N–C) groups is 1. The van der Waals surface area contributed by atoms with Gasteiger partial charge in [0, 0.05) is 9.79 Å². The molecule has 0 saturated heterocycles. The fourth-order valence-electron chi connectivity index (χ4n) is 2.35. The summed E-state index contributed by atoms with van der Waals surface area (Å²) in [4.78, 5) is 7.33. The monoisotopic (exact) mass is 389 g/mol. The van der Waals surface area contributed by atoms with Gasteiger partial charge in [0.15, 0.2) is 0 Å². The Bertz CT molecular complexity index is 924. The molecule has 3 aromatic carbocycles. The summed E-state index contributed by atoms with van der Waals surface area (Å²) in [6, 6.07) is 27.3. The van der Waals surface area contributed by atoms with Crippen LogP contribution in [0, 0.1) is 13.8 Å². The molecule has 0 heterocycles. The Balaban J connectivity index is 1.85. The molecular formula is C24H23NS2. The molecule has 3 heteroatoms. The lowest BCUT2D eigenvalue weighted by atomic mass is 10.2. The van der Waals surface area contributed by atoms with Crippen molar-refractivity contribution in [2.45, 2.75) is 30.6 Å². The van der Waals surface area contributed by atoms with Crippen LogP contribution in [0.2, 0.25) is 0 Å². The Kier molecular flexibility index (Phi) is 6.97. The summed E-state index contributed by atoms with van der Waals surface area (Å²) in [5.41, 5.74) is 4.68. The van der Waals surface area contributed by atoms with E-state index in [1.165, 1.54) is 20.9 Å². The number of rotatable bonds is 5. The van der Waals surface area contributed by atoms with Crippen molar-refractivity contribution in [1.29, 1.82) is 0 Å². The lowest BCUT2D eigenvalue weighted by molar-refractivity contribution is 1.38. The first-order chi connectivity index (χ1) is 13.1. The first kappa shape index (κ1) is 19.5. The van der Waals surface area contributed by atoms with Gasteiger partial charge in [0.05, 0.1) is 5.69 Å². The van der Waals surface area contributed by atoms with Crippen molar-refractivity contribution < 1.29 is 0 Å². The van der Waals surface area contributed by atoms with Crippen LogP contribution in [-0.4, -0.2) is 5.04 Å². The highest BCUT2D eigenvalue weighted by molar-refractivity contribution is 8.14. The maximum atomic E-state index is 4.90. The van der Waals surface area contributed by atoms with Crippen molar-refractivity contribution in [2.24, 2.45) is 4.99 Å². The van der Waals surface area contributed by atoms with E-state index in [0.29, 0.717) is 0 Å². The fourth-order valence-corrected chi connectivity index (χ4v) is 4.01. The first-order valence-electron chi connectivity index (χ1n) is 8.89. The van der Waals surface area contributed by atoms with Gasteiger partial charge in [-0.2, -0.15) is 0 Å². The van der Waals surface area contributed by atoms with Gasteiger partial charge < -0.3 is 0 Å². The summed E-state index contributed by atoms with van der Waals surface area (Å²) in [5.74, 6) is 0. The average molecular weight is 390 g/mol. The fraction of sp³-hybridized carbons (Fsp3) is 0.125. The van der Waals surface area contributed by atoms with Crippen LogP contribution in [0.3, 0.4) is 0 Å². The second-order valence-corrected chi connectivity index (χ2v) is 8.40. The van der Waals surface area contributed by atoms with Gasteiger partial charge in [-0.05, 0) is 68.2 Å². The van der Waals surface area contributed by atoms with Gasteiger partial charge in [-0.3, -0.25) is 0 Å². The molecule has 0 unspecified atom stereocenters. The predicted octanol–water partition coefficient (Wildman–Crippen LogP) is 7.82. The van der Waals surface area contributed by atoms with Crippen molar-refractivity contribution in [3.63, 3.8) is 0 Å². The van der Waals surface area contributed by atoms with Crippen molar-refractivity contribution >= 4 is 34.3 Å². The molecule has 0 aliphatic heterocycles. The minimum absolute atomic E-state index is 0.972. The third-order valence-corrected chi connectivity index (χ3v) is 6.08. The first-order valence-corrected chi connectivity index (χ1v) is 10.6. The summed E-state index contributed by atoms with van der Waals surface area (Å²) >= 11 is 3.44. The highest BCUT2D eigenvalue weighted by atomic mass is 32.2. The molecule has 0 aliphatic rings. The molecule has 0 N–H and O–H groups in total. The number of para-hydroxylation sites is 1. The zero-order valence-electron chi connectivity index (χ0n) is 15.8. The second-order valence-electron chi connectivity index (χ2n) is 6.40. The van der Waals surface area contributed by atoms with Gasteiger partial charge in [-0.1, -0.05) is 77.1 Å². The zero-order valence-corrected chi connectivity index (χ0v) is 17.5. The molecule has 0 spiro atoms. The molecule has 0 amide bonds. The van der Waals surface area contributed by atoms with E-state index < -0.39 is 0 Å². The van der Waals surface area contributed by atoms with E-state index >= 15 is 0 Å². The highest BCUT2D eigenvalue weighted by Gasteiger charge is 2.07. The molecule has 27 heavy (non-hydrogen) atoms. The van der Waals surface area contributed by atoms with Gasteiger partial charge in [-0.25, -0.2) is 4.99 Å². The summed E-state index contributed by atoms with van der Waals surface area (Å²) in [6.45, 7) is 6.35. The van der Waals surface area contributed by atoms with Crippen molar-refractivity contribution in [1.82, 2.24) is 0 Å². The molecule has 1 nitrogen and oxygen atoms in total. The summed E-state index contributed by atoms with van der Waals surface area (Å²) in [7, 11) is 0. The normalized spacial score (nSPS) is 12.3. The van der Waals surface area contributed by atoms with Crippen molar-refractivity contribution in [3.05, 3.63) is 101 Å². The number of hydrogen-bond donors (Lipinski definition) is 0. The van der Waals surface area contributed by atoms with E-state index in [2.05, 4.69) is 74.7 Å². The molecule has 0 saturated carbocycles. The van der Waals surface area contributed by atoms with Gasteiger partial charge in [0.25, 0.3) is 0 Å². The van der Waals surface area contributed by atoms with Crippen LogP contribution in [0.25, 0.3) is 0 Å². The van der Waals surface area contributed by atoms with Gasteiger partial charge >= 0.3 is 0 Å². The molecule has 0 atom stereocenters. The summed E-state index contributed by atoms with van der Waals surface area (Å²) < 4.78 is 0. The van der Waals surface area contributed by atoms with Crippen molar-refractivity contribution in [3.8, 4) is 0 Å².